The van der Waals surface area contributed by atoms with Crippen LogP contribution < -0.4 is 5.73 Å². The van der Waals surface area contributed by atoms with Gasteiger partial charge >= 0.3 is 0 Å². The second-order valence-electron chi connectivity index (χ2n) is 4.06. The third-order valence-electron chi connectivity index (χ3n) is 2.60. The summed E-state index contributed by atoms with van der Waals surface area (Å²) in [6, 6.07) is 0. The standard InChI is InChI=1S/C12H23N3/c1-2-3-4-5-7-11-10-14-12(15-11)8-6-9-13/h10H,2-9,13H2,1H3,(H,14,15). The van der Waals surface area contributed by atoms with Gasteiger partial charge in [0.05, 0.1) is 0 Å². The van der Waals surface area contributed by atoms with Crippen molar-refractivity contribution in [2.24, 2.45) is 5.73 Å². The number of H-pyrrole nitrogens is 1. The first kappa shape index (κ1) is 12.2. The van der Waals surface area contributed by atoms with Crippen molar-refractivity contribution in [1.82, 2.24) is 9.97 Å². The number of nitrogens with zero attached hydrogens (tertiary/aromatic N) is 1. The Kier molecular flexibility index (Phi) is 6.09. The molecule has 0 amide bonds. The van der Waals surface area contributed by atoms with Crippen molar-refractivity contribution in [2.75, 3.05) is 6.54 Å². The van der Waals surface area contributed by atoms with Crippen LogP contribution in [0.5, 0.6) is 0 Å². The van der Waals surface area contributed by atoms with Crippen molar-refractivity contribution < 1.29 is 0 Å². The Morgan fingerprint density at radius 3 is 2.80 bits per heavy atom. The number of unbranched alkanes of at least 4 members (excludes halogenated alkanes) is 3. The maximum absolute atomic E-state index is 5.46. The first-order chi connectivity index (χ1) is 7.36. The maximum atomic E-state index is 5.46. The van der Waals surface area contributed by atoms with Gasteiger partial charge in [-0.25, -0.2) is 4.98 Å². The molecule has 1 rings (SSSR count). The van der Waals surface area contributed by atoms with Gasteiger partial charge < -0.3 is 10.7 Å². The SMILES string of the molecule is CCCCCCc1cnc(CCCN)[nH]1. The molecule has 0 atom stereocenters. The lowest BCUT2D eigenvalue weighted by Crippen LogP contribution is -2.01. The van der Waals surface area contributed by atoms with Gasteiger partial charge in [-0.2, -0.15) is 0 Å². The van der Waals surface area contributed by atoms with Crippen molar-refractivity contribution in [3.63, 3.8) is 0 Å². The first-order valence-electron chi connectivity index (χ1n) is 6.09. The number of aromatic amines is 1. The van der Waals surface area contributed by atoms with Crippen LogP contribution in [0.4, 0.5) is 0 Å². The highest BCUT2D eigenvalue weighted by Gasteiger charge is 1.99. The maximum Gasteiger partial charge on any atom is 0.106 e. The van der Waals surface area contributed by atoms with Gasteiger partial charge in [-0.15, -0.1) is 0 Å². The predicted molar refractivity (Wildman–Crippen MR) is 63.8 cm³/mol. The van der Waals surface area contributed by atoms with Crippen LogP contribution in [0, 0.1) is 0 Å². The molecule has 0 aliphatic rings. The summed E-state index contributed by atoms with van der Waals surface area (Å²) in [7, 11) is 0. The van der Waals surface area contributed by atoms with Crippen LogP contribution >= 0.6 is 0 Å². The Bertz CT molecular complexity index is 255. The third-order valence-corrected chi connectivity index (χ3v) is 2.60. The molecule has 0 unspecified atom stereocenters. The third kappa shape index (κ3) is 4.98. The van der Waals surface area contributed by atoms with E-state index in [1.807, 2.05) is 6.20 Å². The van der Waals surface area contributed by atoms with Crippen LogP contribution in [0.2, 0.25) is 0 Å². The molecule has 0 spiro atoms. The average molecular weight is 209 g/mol. The van der Waals surface area contributed by atoms with E-state index < -0.39 is 0 Å². The summed E-state index contributed by atoms with van der Waals surface area (Å²) in [4.78, 5) is 7.70. The van der Waals surface area contributed by atoms with Crippen LogP contribution in [0.1, 0.15) is 50.5 Å². The molecule has 1 heterocycles. The first-order valence-corrected chi connectivity index (χ1v) is 6.09. The lowest BCUT2D eigenvalue weighted by Gasteiger charge is -1.97. The molecule has 1 aromatic heterocycles. The lowest BCUT2D eigenvalue weighted by molar-refractivity contribution is 0.660. The van der Waals surface area contributed by atoms with Gasteiger partial charge in [0.25, 0.3) is 0 Å². The van der Waals surface area contributed by atoms with Gasteiger partial charge in [-0.05, 0) is 25.8 Å². The van der Waals surface area contributed by atoms with Crippen LogP contribution in [-0.2, 0) is 12.8 Å². The number of rotatable bonds is 8. The van der Waals surface area contributed by atoms with E-state index in [0.29, 0.717) is 0 Å². The van der Waals surface area contributed by atoms with E-state index in [1.165, 1.54) is 31.4 Å². The van der Waals surface area contributed by atoms with Crippen LogP contribution in [0.15, 0.2) is 6.20 Å². The zero-order chi connectivity index (χ0) is 10.9. The van der Waals surface area contributed by atoms with Crippen LogP contribution in [-0.4, -0.2) is 16.5 Å². The largest absolute Gasteiger partial charge is 0.346 e. The second-order valence-corrected chi connectivity index (χ2v) is 4.06. The summed E-state index contributed by atoms with van der Waals surface area (Å²) < 4.78 is 0. The van der Waals surface area contributed by atoms with E-state index in [4.69, 9.17) is 5.73 Å². The number of aromatic nitrogens is 2. The van der Waals surface area contributed by atoms with E-state index in [9.17, 15) is 0 Å². The minimum absolute atomic E-state index is 0.743. The molecule has 0 saturated heterocycles. The Morgan fingerprint density at radius 1 is 1.20 bits per heavy atom. The fourth-order valence-corrected chi connectivity index (χ4v) is 1.67. The fourth-order valence-electron chi connectivity index (χ4n) is 1.67. The Hall–Kier alpha value is -0.830. The molecule has 15 heavy (non-hydrogen) atoms. The Labute approximate surface area is 92.5 Å². The molecule has 3 nitrogen and oxygen atoms in total. The van der Waals surface area contributed by atoms with E-state index in [2.05, 4.69) is 16.9 Å². The van der Waals surface area contributed by atoms with E-state index in [-0.39, 0.29) is 0 Å². The summed E-state index contributed by atoms with van der Waals surface area (Å²) in [6.45, 7) is 2.98. The van der Waals surface area contributed by atoms with Crippen molar-refractivity contribution in [1.29, 1.82) is 0 Å². The van der Waals surface area contributed by atoms with Gasteiger partial charge in [-0.3, -0.25) is 0 Å². The molecular weight excluding hydrogens is 186 g/mol. The summed E-state index contributed by atoms with van der Waals surface area (Å²) in [5.41, 5.74) is 6.73. The van der Waals surface area contributed by atoms with E-state index in [0.717, 1.165) is 31.6 Å². The predicted octanol–water partition coefficient (Wildman–Crippen LogP) is 2.42. The minimum atomic E-state index is 0.743. The molecule has 0 bridgehead atoms. The van der Waals surface area contributed by atoms with Crippen molar-refractivity contribution >= 4 is 0 Å². The molecule has 86 valence electrons. The van der Waals surface area contributed by atoms with Gasteiger partial charge in [0.1, 0.15) is 5.82 Å². The number of imidazole rings is 1. The number of aryl methyl sites for hydroxylation is 2. The number of nitrogens with one attached hydrogen (secondary N) is 1. The highest BCUT2D eigenvalue weighted by Crippen LogP contribution is 2.06. The molecule has 0 radical (unpaired) electrons. The van der Waals surface area contributed by atoms with Crippen molar-refractivity contribution in [3.05, 3.63) is 17.7 Å². The van der Waals surface area contributed by atoms with Crippen molar-refractivity contribution in [2.45, 2.75) is 51.9 Å². The summed E-state index contributed by atoms with van der Waals surface area (Å²) >= 11 is 0. The number of hydrogen-bond acceptors (Lipinski definition) is 2. The van der Waals surface area contributed by atoms with Gasteiger partial charge in [0.15, 0.2) is 0 Å². The van der Waals surface area contributed by atoms with E-state index in [1.54, 1.807) is 0 Å². The number of nitrogens with two attached hydrogens (primary N) is 1. The molecule has 0 aliphatic carbocycles. The fraction of sp³-hybridized carbons (Fsp3) is 0.750. The van der Waals surface area contributed by atoms with Gasteiger partial charge in [-0.1, -0.05) is 26.2 Å². The van der Waals surface area contributed by atoms with Crippen molar-refractivity contribution in [3.8, 4) is 0 Å². The molecular formula is C12H23N3. The average Bonchev–Trinajstić information content (AvgIpc) is 2.69. The molecule has 0 aromatic carbocycles. The highest BCUT2D eigenvalue weighted by atomic mass is 14.9. The Balaban J connectivity index is 2.20. The molecule has 0 fully saturated rings. The normalized spacial score (nSPS) is 10.8. The monoisotopic (exact) mass is 209 g/mol. The zero-order valence-electron chi connectivity index (χ0n) is 9.76. The zero-order valence-corrected chi connectivity index (χ0v) is 9.76. The van der Waals surface area contributed by atoms with Gasteiger partial charge in [0.2, 0.25) is 0 Å². The highest BCUT2D eigenvalue weighted by molar-refractivity contribution is 5.01. The molecule has 0 saturated carbocycles. The number of hydrogen-bond donors (Lipinski definition) is 2. The molecule has 1 aromatic rings. The smallest absolute Gasteiger partial charge is 0.106 e. The topological polar surface area (TPSA) is 54.7 Å². The Morgan fingerprint density at radius 2 is 2.07 bits per heavy atom. The summed E-state index contributed by atoms with van der Waals surface area (Å²) in [6.07, 6.45) is 10.3. The molecule has 3 N–H and O–H groups in total. The quantitative estimate of drug-likeness (QED) is 0.646. The van der Waals surface area contributed by atoms with Gasteiger partial charge in [0, 0.05) is 18.3 Å². The molecule has 3 heteroatoms. The summed E-state index contributed by atoms with van der Waals surface area (Å²) in [5, 5.41) is 0. The van der Waals surface area contributed by atoms with E-state index >= 15 is 0 Å². The molecule has 0 aliphatic heterocycles. The summed E-state index contributed by atoms with van der Waals surface area (Å²) in [5.74, 6) is 1.09. The lowest BCUT2D eigenvalue weighted by atomic mass is 10.1. The second kappa shape index (κ2) is 7.46. The van der Waals surface area contributed by atoms with Crippen LogP contribution in [0.25, 0.3) is 0 Å². The van der Waals surface area contributed by atoms with Crippen LogP contribution in [0.3, 0.4) is 0 Å². The minimum Gasteiger partial charge on any atom is -0.346 e.